The van der Waals surface area contributed by atoms with Crippen molar-refractivity contribution in [2.75, 3.05) is 0 Å². The number of benzene rings is 2. The second-order valence-electron chi connectivity index (χ2n) is 5.40. The monoisotopic (exact) mass is 343 g/mol. The number of aromatic amines is 1. The number of nitrogens with one attached hydrogen (secondary N) is 2. The number of aryl methyl sites for hydroxylation is 1. The molecule has 1 heterocycles. The smallest absolute Gasteiger partial charge is 0.251 e. The van der Waals surface area contributed by atoms with Gasteiger partial charge in [0.05, 0.1) is 6.20 Å². The largest absolute Gasteiger partial charge is 0.348 e. The minimum atomic E-state index is -0.436. The second kappa shape index (κ2) is 6.84. The van der Waals surface area contributed by atoms with Crippen molar-refractivity contribution in [2.24, 2.45) is 0 Å². The normalized spacial score (nSPS) is 10.6. The van der Waals surface area contributed by atoms with Crippen LogP contribution in [0.15, 0.2) is 48.8 Å². The molecule has 0 aliphatic carbocycles. The van der Waals surface area contributed by atoms with Crippen LogP contribution in [-0.2, 0) is 6.54 Å². The summed E-state index contributed by atoms with van der Waals surface area (Å²) in [5.41, 5.74) is 3.69. The van der Waals surface area contributed by atoms with E-state index in [9.17, 15) is 9.18 Å². The number of hydrogen-bond donors (Lipinski definition) is 2. The van der Waals surface area contributed by atoms with Gasteiger partial charge in [0.2, 0.25) is 0 Å². The van der Waals surface area contributed by atoms with Gasteiger partial charge in [-0.15, -0.1) is 0 Å². The number of amides is 1. The molecule has 0 atom stereocenters. The van der Waals surface area contributed by atoms with E-state index < -0.39 is 5.82 Å². The molecule has 0 radical (unpaired) electrons. The zero-order chi connectivity index (χ0) is 17.1. The van der Waals surface area contributed by atoms with Gasteiger partial charge in [0.25, 0.3) is 5.91 Å². The maximum atomic E-state index is 13.7. The molecule has 24 heavy (non-hydrogen) atoms. The van der Waals surface area contributed by atoms with Gasteiger partial charge in [-0.05, 0) is 42.3 Å². The zero-order valence-corrected chi connectivity index (χ0v) is 13.7. The number of aromatic nitrogens is 2. The molecular weight excluding hydrogens is 329 g/mol. The third-order valence-electron chi connectivity index (χ3n) is 3.79. The van der Waals surface area contributed by atoms with Gasteiger partial charge >= 0.3 is 0 Å². The number of carbonyl (C=O) groups excluding carboxylic acids is 1. The molecule has 0 aliphatic heterocycles. The Labute approximate surface area is 143 Å². The van der Waals surface area contributed by atoms with Gasteiger partial charge in [-0.3, -0.25) is 9.89 Å². The summed E-state index contributed by atoms with van der Waals surface area (Å²) in [6.07, 6.45) is 3.52. The van der Waals surface area contributed by atoms with Crippen molar-refractivity contribution in [3.63, 3.8) is 0 Å². The molecule has 122 valence electrons. The lowest BCUT2D eigenvalue weighted by Gasteiger charge is -2.10. The first-order valence-electron chi connectivity index (χ1n) is 7.37. The fraction of sp³-hybridized carbons (Fsp3) is 0.111. The van der Waals surface area contributed by atoms with Crippen molar-refractivity contribution in [1.29, 1.82) is 0 Å². The van der Waals surface area contributed by atoms with Crippen molar-refractivity contribution < 1.29 is 9.18 Å². The van der Waals surface area contributed by atoms with Gasteiger partial charge in [0.15, 0.2) is 0 Å². The van der Waals surface area contributed by atoms with Crippen LogP contribution in [0.5, 0.6) is 0 Å². The van der Waals surface area contributed by atoms with Gasteiger partial charge in [-0.25, -0.2) is 4.39 Å². The Morgan fingerprint density at radius 3 is 2.83 bits per heavy atom. The Morgan fingerprint density at radius 1 is 1.33 bits per heavy atom. The second-order valence-corrected chi connectivity index (χ2v) is 5.81. The third-order valence-corrected chi connectivity index (χ3v) is 4.14. The number of carbonyl (C=O) groups is 1. The Kier molecular flexibility index (Phi) is 4.62. The average Bonchev–Trinajstić information content (AvgIpc) is 3.08. The summed E-state index contributed by atoms with van der Waals surface area (Å²) < 4.78 is 13.7. The van der Waals surface area contributed by atoms with Crippen LogP contribution >= 0.6 is 11.6 Å². The van der Waals surface area contributed by atoms with Crippen LogP contribution in [0.2, 0.25) is 5.02 Å². The van der Waals surface area contributed by atoms with E-state index in [0.717, 1.165) is 16.7 Å². The van der Waals surface area contributed by atoms with E-state index in [1.54, 1.807) is 30.6 Å². The standard InChI is InChI=1S/C18H15ClFN3O/c1-11-7-12(5-6-14(11)13-8-22-23-9-13)18(24)21-10-15-16(19)3-2-4-17(15)20/h2-9H,10H2,1H3,(H,21,24)(H,22,23). The molecule has 0 unspecified atom stereocenters. The van der Waals surface area contributed by atoms with Crippen molar-refractivity contribution in [3.05, 3.63) is 76.3 Å². The first-order valence-corrected chi connectivity index (χ1v) is 7.75. The van der Waals surface area contributed by atoms with Crippen LogP contribution in [0.25, 0.3) is 11.1 Å². The average molecular weight is 344 g/mol. The molecule has 0 saturated heterocycles. The van der Waals surface area contributed by atoms with Gasteiger partial charge in [0, 0.05) is 34.5 Å². The molecular formula is C18H15ClFN3O. The lowest BCUT2D eigenvalue weighted by molar-refractivity contribution is 0.0950. The Bertz CT molecular complexity index is 858. The zero-order valence-electron chi connectivity index (χ0n) is 12.9. The number of nitrogens with zero attached hydrogens (tertiary/aromatic N) is 1. The van der Waals surface area contributed by atoms with Crippen LogP contribution in [0.1, 0.15) is 21.5 Å². The SMILES string of the molecule is Cc1cc(C(=O)NCc2c(F)cccc2Cl)ccc1-c1cn[nH]c1. The molecule has 2 aromatic carbocycles. The summed E-state index contributed by atoms with van der Waals surface area (Å²) >= 11 is 5.96. The van der Waals surface area contributed by atoms with Crippen LogP contribution < -0.4 is 5.32 Å². The molecule has 6 heteroatoms. The van der Waals surface area contributed by atoms with Crippen LogP contribution in [-0.4, -0.2) is 16.1 Å². The molecule has 4 nitrogen and oxygen atoms in total. The van der Waals surface area contributed by atoms with E-state index in [0.29, 0.717) is 10.6 Å². The van der Waals surface area contributed by atoms with E-state index in [1.807, 2.05) is 13.0 Å². The predicted molar refractivity (Wildman–Crippen MR) is 91.3 cm³/mol. The fourth-order valence-corrected chi connectivity index (χ4v) is 2.73. The predicted octanol–water partition coefficient (Wildman–Crippen LogP) is 4.11. The number of halogens is 2. The minimum absolute atomic E-state index is 0.0346. The van der Waals surface area contributed by atoms with Gasteiger partial charge in [-0.2, -0.15) is 5.10 Å². The fourth-order valence-electron chi connectivity index (χ4n) is 2.50. The summed E-state index contributed by atoms with van der Waals surface area (Å²) in [6, 6.07) is 9.83. The van der Waals surface area contributed by atoms with Crippen molar-refractivity contribution >= 4 is 17.5 Å². The lowest BCUT2D eigenvalue weighted by atomic mass is 10.0. The summed E-state index contributed by atoms with van der Waals surface area (Å²) in [5, 5.41) is 9.68. The highest BCUT2D eigenvalue weighted by atomic mass is 35.5. The maximum Gasteiger partial charge on any atom is 0.251 e. The highest BCUT2D eigenvalue weighted by molar-refractivity contribution is 6.31. The van der Waals surface area contributed by atoms with Gasteiger partial charge in [0.1, 0.15) is 5.82 Å². The highest BCUT2D eigenvalue weighted by Crippen LogP contribution is 2.23. The summed E-state index contributed by atoms with van der Waals surface area (Å²) in [5.74, 6) is -0.717. The quantitative estimate of drug-likeness (QED) is 0.749. The van der Waals surface area contributed by atoms with Crippen molar-refractivity contribution in [3.8, 4) is 11.1 Å². The topological polar surface area (TPSA) is 57.8 Å². The molecule has 0 fully saturated rings. The molecule has 0 spiro atoms. The van der Waals surface area contributed by atoms with Crippen molar-refractivity contribution in [2.45, 2.75) is 13.5 Å². The van der Waals surface area contributed by atoms with Crippen LogP contribution in [0.3, 0.4) is 0 Å². The summed E-state index contributed by atoms with van der Waals surface area (Å²) in [4.78, 5) is 12.3. The van der Waals surface area contributed by atoms with E-state index in [2.05, 4.69) is 15.5 Å². The molecule has 1 amide bonds. The lowest BCUT2D eigenvalue weighted by Crippen LogP contribution is -2.23. The molecule has 3 rings (SSSR count). The van der Waals surface area contributed by atoms with E-state index in [4.69, 9.17) is 11.6 Å². The minimum Gasteiger partial charge on any atom is -0.348 e. The summed E-state index contributed by atoms with van der Waals surface area (Å²) in [7, 11) is 0. The molecule has 0 bridgehead atoms. The first kappa shape index (κ1) is 16.2. The highest BCUT2D eigenvalue weighted by Gasteiger charge is 2.12. The number of H-pyrrole nitrogens is 1. The van der Waals surface area contributed by atoms with Crippen LogP contribution in [0.4, 0.5) is 4.39 Å². The third kappa shape index (κ3) is 3.31. The Hall–Kier alpha value is -2.66. The molecule has 1 aromatic heterocycles. The molecule has 0 saturated carbocycles. The summed E-state index contributed by atoms with van der Waals surface area (Å²) in [6.45, 7) is 1.96. The van der Waals surface area contributed by atoms with Crippen molar-refractivity contribution in [1.82, 2.24) is 15.5 Å². The van der Waals surface area contributed by atoms with E-state index >= 15 is 0 Å². The Morgan fingerprint density at radius 2 is 2.17 bits per heavy atom. The van der Waals surface area contributed by atoms with Crippen LogP contribution in [0, 0.1) is 12.7 Å². The van der Waals surface area contributed by atoms with Gasteiger partial charge < -0.3 is 5.32 Å². The molecule has 0 aliphatic rings. The molecule has 2 N–H and O–H groups in total. The number of rotatable bonds is 4. The van der Waals surface area contributed by atoms with Gasteiger partial charge in [-0.1, -0.05) is 23.7 Å². The van der Waals surface area contributed by atoms with E-state index in [1.165, 1.54) is 12.1 Å². The molecule has 3 aromatic rings. The van der Waals surface area contributed by atoms with E-state index in [-0.39, 0.29) is 18.0 Å². The number of hydrogen-bond acceptors (Lipinski definition) is 2. The Balaban J connectivity index is 1.75. The first-order chi connectivity index (χ1) is 11.6. The maximum absolute atomic E-state index is 13.7.